The normalized spacial score (nSPS) is 15.7. The number of ether oxygens (including phenoxy) is 1. The van der Waals surface area contributed by atoms with Crippen LogP contribution in [0.25, 0.3) is 6.08 Å². The Morgan fingerprint density at radius 2 is 1.86 bits per heavy atom. The first-order chi connectivity index (χ1) is 17.1. The lowest BCUT2D eigenvalue weighted by Crippen LogP contribution is -2.23. The molecule has 0 radical (unpaired) electrons. The third-order valence-corrected chi connectivity index (χ3v) is 7.85. The van der Waals surface area contributed by atoms with Gasteiger partial charge in [-0.2, -0.15) is 0 Å². The van der Waals surface area contributed by atoms with Gasteiger partial charge in [-0.25, -0.2) is 9.79 Å². The van der Waals surface area contributed by atoms with Gasteiger partial charge in [-0.15, -0.1) is 0 Å². The van der Waals surface area contributed by atoms with Crippen molar-refractivity contribution in [3.8, 4) is 5.75 Å². The molecule has 0 aromatic heterocycles. The van der Waals surface area contributed by atoms with Gasteiger partial charge < -0.3 is 9.84 Å². The number of aliphatic imine (C=N–C) groups is 1. The van der Waals surface area contributed by atoms with Crippen LogP contribution in [0.1, 0.15) is 21.5 Å². The van der Waals surface area contributed by atoms with Gasteiger partial charge in [0.15, 0.2) is 5.17 Å². The van der Waals surface area contributed by atoms with E-state index in [4.69, 9.17) is 27.9 Å². The minimum atomic E-state index is -1.04. The minimum Gasteiger partial charge on any atom is -0.486 e. The number of rotatable bonds is 6. The molecule has 184 valence electrons. The van der Waals surface area contributed by atoms with E-state index in [1.54, 1.807) is 37.4 Å². The number of amidine groups is 1. The van der Waals surface area contributed by atoms with Crippen LogP contribution in [0.5, 0.6) is 5.75 Å². The van der Waals surface area contributed by atoms with Crippen molar-refractivity contribution in [2.24, 2.45) is 4.99 Å². The van der Waals surface area contributed by atoms with Crippen LogP contribution in [-0.4, -0.2) is 34.1 Å². The molecule has 3 aromatic rings. The van der Waals surface area contributed by atoms with Crippen molar-refractivity contribution in [1.29, 1.82) is 0 Å². The number of amides is 1. The first-order valence-corrected chi connectivity index (χ1v) is 13.4. The largest absolute Gasteiger partial charge is 0.486 e. The van der Waals surface area contributed by atoms with Gasteiger partial charge in [0.05, 0.1) is 25.1 Å². The predicted octanol–water partition coefficient (Wildman–Crippen LogP) is 8.03. The molecule has 6 nitrogen and oxygen atoms in total. The van der Waals surface area contributed by atoms with Crippen LogP contribution in [0.3, 0.4) is 0 Å². The van der Waals surface area contributed by atoms with Crippen LogP contribution >= 0.6 is 66.8 Å². The van der Waals surface area contributed by atoms with E-state index in [1.807, 2.05) is 18.2 Å². The number of aromatic carboxylic acids is 1. The van der Waals surface area contributed by atoms with Gasteiger partial charge in [0.25, 0.3) is 5.91 Å². The quantitative estimate of drug-likeness (QED) is 0.269. The average molecular weight is 671 g/mol. The van der Waals surface area contributed by atoms with E-state index >= 15 is 0 Å². The molecule has 0 atom stereocenters. The average Bonchev–Trinajstić information content (AvgIpc) is 3.07. The van der Waals surface area contributed by atoms with Gasteiger partial charge in [0, 0.05) is 22.7 Å². The summed E-state index contributed by atoms with van der Waals surface area (Å²) in [6.45, 7) is 0.246. The van der Waals surface area contributed by atoms with Gasteiger partial charge in [-0.3, -0.25) is 9.69 Å². The molecule has 0 unspecified atom stereocenters. The number of benzene rings is 3. The number of hydrogen-bond acceptors (Lipinski definition) is 5. The van der Waals surface area contributed by atoms with Crippen LogP contribution in [0.2, 0.25) is 10.0 Å². The topological polar surface area (TPSA) is 79.2 Å². The van der Waals surface area contributed by atoms with Crippen LogP contribution in [0, 0.1) is 0 Å². The summed E-state index contributed by atoms with van der Waals surface area (Å²) in [5, 5.41) is 10.7. The van der Waals surface area contributed by atoms with E-state index in [0.29, 0.717) is 40.5 Å². The molecule has 1 fully saturated rings. The SMILES string of the molecule is CN1C(=O)C(=Cc2cc(Br)c(OCc3ccc(Cl)cc3Cl)c(Br)c2)SC1=Nc1cccc(C(=O)O)c1. The van der Waals surface area contributed by atoms with Crippen molar-refractivity contribution in [1.82, 2.24) is 4.90 Å². The molecule has 1 amide bonds. The standard InChI is InChI=1S/C25H16Br2Cl2N2O4S/c1-31-23(32)21(36-25(31)30-17-4-2-3-14(10-17)24(33)34)9-13-7-18(26)22(19(27)8-13)35-12-15-5-6-16(28)11-20(15)29/h2-11H,12H2,1H3,(H,33,34). The summed E-state index contributed by atoms with van der Waals surface area (Å²) in [4.78, 5) is 30.4. The molecule has 11 heteroatoms. The third-order valence-electron chi connectivity index (χ3n) is 5.03. The molecule has 1 saturated heterocycles. The number of carbonyl (C=O) groups excluding carboxylic acids is 1. The van der Waals surface area contributed by atoms with Crippen molar-refractivity contribution in [3.63, 3.8) is 0 Å². The summed E-state index contributed by atoms with van der Waals surface area (Å²) in [6.07, 6.45) is 1.76. The Morgan fingerprint density at radius 3 is 2.53 bits per heavy atom. The summed E-state index contributed by atoms with van der Waals surface area (Å²) in [5.41, 5.74) is 2.14. The molecular formula is C25H16Br2Cl2N2O4S. The lowest BCUT2D eigenvalue weighted by Gasteiger charge is -2.12. The van der Waals surface area contributed by atoms with Gasteiger partial charge in [-0.05, 0) is 97.7 Å². The van der Waals surface area contributed by atoms with Crippen LogP contribution in [0.4, 0.5) is 5.69 Å². The number of hydrogen-bond donors (Lipinski definition) is 1. The smallest absolute Gasteiger partial charge is 0.335 e. The zero-order valence-electron chi connectivity index (χ0n) is 18.5. The Balaban J connectivity index is 1.54. The third kappa shape index (κ3) is 6.15. The van der Waals surface area contributed by atoms with Crippen LogP contribution in [0.15, 0.2) is 73.4 Å². The highest BCUT2D eigenvalue weighted by Crippen LogP contribution is 2.38. The van der Waals surface area contributed by atoms with Crippen molar-refractivity contribution < 1.29 is 19.4 Å². The van der Waals surface area contributed by atoms with Crippen LogP contribution in [-0.2, 0) is 11.4 Å². The Labute approximate surface area is 238 Å². The molecule has 0 aliphatic carbocycles. The summed E-state index contributed by atoms with van der Waals surface area (Å²) >= 11 is 20.5. The monoisotopic (exact) mass is 668 g/mol. The highest BCUT2D eigenvalue weighted by Gasteiger charge is 2.30. The Bertz CT molecular complexity index is 1420. The van der Waals surface area contributed by atoms with E-state index < -0.39 is 5.97 Å². The first kappa shape index (κ1) is 26.8. The van der Waals surface area contributed by atoms with Gasteiger partial charge in [0.2, 0.25) is 0 Å². The zero-order chi connectivity index (χ0) is 26.0. The summed E-state index contributed by atoms with van der Waals surface area (Å²) in [7, 11) is 1.63. The minimum absolute atomic E-state index is 0.125. The zero-order valence-corrected chi connectivity index (χ0v) is 24.0. The molecular weight excluding hydrogens is 655 g/mol. The molecule has 0 saturated carbocycles. The molecule has 1 N–H and O–H groups in total. The second kappa shape index (κ2) is 11.4. The van der Waals surface area contributed by atoms with Crippen molar-refractivity contribution in [2.45, 2.75) is 6.61 Å². The number of halogens is 4. The van der Waals surface area contributed by atoms with Crippen molar-refractivity contribution in [3.05, 3.63) is 95.2 Å². The molecule has 4 rings (SSSR count). The fourth-order valence-corrected chi connectivity index (χ4v) is 6.11. The highest BCUT2D eigenvalue weighted by molar-refractivity contribution is 9.11. The second-order valence-electron chi connectivity index (χ2n) is 7.56. The van der Waals surface area contributed by atoms with E-state index in [-0.39, 0.29) is 18.1 Å². The van der Waals surface area contributed by atoms with E-state index in [0.717, 1.165) is 11.1 Å². The molecule has 0 bridgehead atoms. The summed E-state index contributed by atoms with van der Waals surface area (Å²) in [5.74, 6) is -0.662. The number of nitrogens with zero attached hydrogens (tertiary/aromatic N) is 2. The van der Waals surface area contributed by atoms with Gasteiger partial charge in [0.1, 0.15) is 12.4 Å². The molecule has 36 heavy (non-hydrogen) atoms. The van der Waals surface area contributed by atoms with Gasteiger partial charge in [-0.1, -0.05) is 35.3 Å². The number of carbonyl (C=O) groups is 2. The molecule has 1 aliphatic heterocycles. The lowest BCUT2D eigenvalue weighted by molar-refractivity contribution is -0.121. The van der Waals surface area contributed by atoms with Crippen molar-refractivity contribution in [2.75, 3.05) is 7.05 Å². The second-order valence-corrected chi connectivity index (χ2v) is 11.1. The van der Waals surface area contributed by atoms with E-state index in [2.05, 4.69) is 36.9 Å². The Morgan fingerprint density at radius 1 is 1.14 bits per heavy atom. The highest BCUT2D eigenvalue weighted by atomic mass is 79.9. The maximum Gasteiger partial charge on any atom is 0.335 e. The number of likely N-dealkylation sites (N-methyl/N-ethyl adjacent to an activating group) is 1. The van der Waals surface area contributed by atoms with Crippen LogP contribution < -0.4 is 4.74 Å². The van der Waals surface area contributed by atoms with Crippen molar-refractivity contribution >= 4 is 95.6 Å². The fraction of sp³-hybridized carbons (Fsp3) is 0.0800. The van der Waals surface area contributed by atoms with E-state index in [1.165, 1.54) is 28.8 Å². The Kier molecular flexibility index (Phi) is 8.47. The number of carboxylic acid groups (broad SMARTS) is 1. The predicted molar refractivity (Wildman–Crippen MR) is 151 cm³/mol. The molecule has 1 aliphatic rings. The maximum absolute atomic E-state index is 12.8. The first-order valence-electron chi connectivity index (χ1n) is 10.3. The maximum atomic E-state index is 12.8. The Hall–Kier alpha value is -2.30. The summed E-state index contributed by atoms with van der Waals surface area (Å²) in [6, 6.07) is 15.1. The molecule has 1 heterocycles. The number of carboxylic acids is 1. The molecule has 0 spiro atoms. The number of thioether (sulfide) groups is 1. The lowest BCUT2D eigenvalue weighted by atomic mass is 10.2. The van der Waals surface area contributed by atoms with Gasteiger partial charge >= 0.3 is 5.97 Å². The fourth-order valence-electron chi connectivity index (χ4n) is 3.21. The van der Waals surface area contributed by atoms with E-state index in [9.17, 15) is 14.7 Å². The molecule has 3 aromatic carbocycles. The summed E-state index contributed by atoms with van der Waals surface area (Å²) < 4.78 is 7.35.